The van der Waals surface area contributed by atoms with E-state index in [0.29, 0.717) is 12.2 Å². The van der Waals surface area contributed by atoms with E-state index in [9.17, 15) is 4.79 Å². The minimum Gasteiger partial charge on any atom is -0.342 e. The van der Waals surface area contributed by atoms with Crippen LogP contribution in [0.15, 0.2) is 30.3 Å². The molecule has 2 unspecified atom stereocenters. The highest BCUT2D eigenvalue weighted by molar-refractivity contribution is 7.18. The molecule has 1 saturated heterocycles. The highest BCUT2D eigenvalue weighted by atomic mass is 31.0. The third-order valence-electron chi connectivity index (χ3n) is 4.81. The minimum absolute atomic E-state index is 0.272. The van der Waals surface area contributed by atoms with Gasteiger partial charge in [-0.25, -0.2) is 0 Å². The van der Waals surface area contributed by atoms with Gasteiger partial charge in [-0.3, -0.25) is 4.79 Å². The first-order chi connectivity index (χ1) is 10.6. The predicted molar refractivity (Wildman–Crippen MR) is 96.1 cm³/mol. The van der Waals surface area contributed by atoms with Crippen molar-refractivity contribution in [2.24, 2.45) is 5.92 Å². The third-order valence-corrected chi connectivity index (χ3v) is 5.16. The summed E-state index contributed by atoms with van der Waals surface area (Å²) >= 11 is 0. The van der Waals surface area contributed by atoms with Crippen LogP contribution < -0.4 is 0 Å². The molecule has 122 valence electrons. The van der Waals surface area contributed by atoms with Crippen LogP contribution in [0.1, 0.15) is 25.3 Å². The highest BCUT2D eigenvalue weighted by Crippen LogP contribution is 2.20. The van der Waals surface area contributed by atoms with Crippen molar-refractivity contribution < 1.29 is 4.79 Å². The molecule has 1 aromatic carbocycles. The average Bonchev–Trinajstić information content (AvgIpc) is 2.55. The normalized spacial score (nSPS) is 17.7. The maximum Gasteiger partial charge on any atom is 0.226 e. The molecular weight excluding hydrogens is 291 g/mol. The number of benzene rings is 1. The number of likely N-dealkylation sites (tertiary alicyclic amines) is 1. The van der Waals surface area contributed by atoms with Crippen molar-refractivity contribution in [2.75, 3.05) is 32.8 Å². The van der Waals surface area contributed by atoms with Gasteiger partial charge in [-0.15, -0.1) is 9.24 Å². The molecule has 3 nitrogen and oxygen atoms in total. The van der Waals surface area contributed by atoms with Crippen LogP contribution in [0.5, 0.6) is 0 Å². The van der Waals surface area contributed by atoms with E-state index in [1.54, 1.807) is 0 Å². The molecule has 1 amide bonds. The summed E-state index contributed by atoms with van der Waals surface area (Å²) < 4.78 is 0. The molecule has 22 heavy (non-hydrogen) atoms. The van der Waals surface area contributed by atoms with Crippen LogP contribution >= 0.6 is 9.24 Å². The van der Waals surface area contributed by atoms with Crippen molar-refractivity contribution in [3.8, 4) is 0 Å². The van der Waals surface area contributed by atoms with Crippen molar-refractivity contribution in [3.05, 3.63) is 35.9 Å². The van der Waals surface area contributed by atoms with Gasteiger partial charge in [0.15, 0.2) is 0 Å². The van der Waals surface area contributed by atoms with Crippen LogP contribution in [-0.2, 0) is 11.2 Å². The van der Waals surface area contributed by atoms with Gasteiger partial charge in [-0.1, -0.05) is 30.3 Å². The molecule has 0 radical (unpaired) electrons. The summed E-state index contributed by atoms with van der Waals surface area (Å²) in [5, 5.41) is 0. The Bertz CT molecular complexity index is 457. The molecule has 1 aliphatic rings. The number of carbonyl (C=O) groups excluding carboxylic acids is 1. The first kappa shape index (κ1) is 17.4. The fourth-order valence-electron chi connectivity index (χ4n) is 3.19. The second-order valence-electron chi connectivity index (χ2n) is 6.51. The van der Waals surface area contributed by atoms with E-state index in [1.165, 1.54) is 5.56 Å². The van der Waals surface area contributed by atoms with Crippen LogP contribution in [-0.4, -0.2) is 54.6 Å². The quantitative estimate of drug-likeness (QED) is 0.753. The monoisotopic (exact) mass is 320 g/mol. The van der Waals surface area contributed by atoms with Crippen molar-refractivity contribution >= 4 is 15.1 Å². The summed E-state index contributed by atoms with van der Waals surface area (Å²) in [5.74, 6) is 0.992. The number of rotatable bonds is 6. The molecule has 0 aromatic heterocycles. The van der Waals surface area contributed by atoms with E-state index in [1.807, 2.05) is 4.90 Å². The SMILES string of the molecule is CC(Cc1ccccc1)N(C)CC1CCN(C(=O)CP)CC1. The average molecular weight is 320 g/mol. The largest absolute Gasteiger partial charge is 0.342 e. The molecule has 2 atom stereocenters. The van der Waals surface area contributed by atoms with Crippen LogP contribution in [0.2, 0.25) is 0 Å². The van der Waals surface area contributed by atoms with E-state index in [-0.39, 0.29) is 5.91 Å². The Morgan fingerprint density at radius 1 is 1.32 bits per heavy atom. The Morgan fingerprint density at radius 3 is 2.55 bits per heavy atom. The number of amides is 1. The van der Waals surface area contributed by atoms with Crippen LogP contribution in [0.3, 0.4) is 0 Å². The number of hydrogen-bond donors (Lipinski definition) is 0. The van der Waals surface area contributed by atoms with Gasteiger partial charge in [-0.2, -0.15) is 0 Å². The summed E-state index contributed by atoms with van der Waals surface area (Å²) in [5.41, 5.74) is 1.41. The lowest BCUT2D eigenvalue weighted by Gasteiger charge is -2.35. The summed E-state index contributed by atoms with van der Waals surface area (Å²) in [6.07, 6.45) is 3.93. The Labute approximate surface area is 137 Å². The van der Waals surface area contributed by atoms with Gasteiger partial charge in [0, 0.05) is 31.8 Å². The van der Waals surface area contributed by atoms with Crippen LogP contribution in [0, 0.1) is 5.92 Å². The molecule has 2 rings (SSSR count). The Hall–Kier alpha value is -0.920. The number of nitrogens with zero attached hydrogens (tertiary/aromatic N) is 2. The van der Waals surface area contributed by atoms with Crippen molar-refractivity contribution in [2.45, 2.75) is 32.2 Å². The molecule has 0 N–H and O–H groups in total. The second kappa shape index (κ2) is 8.64. The number of piperidine rings is 1. The molecule has 1 aromatic rings. The van der Waals surface area contributed by atoms with Crippen LogP contribution in [0.25, 0.3) is 0 Å². The highest BCUT2D eigenvalue weighted by Gasteiger charge is 2.23. The van der Waals surface area contributed by atoms with Gasteiger partial charge in [0.2, 0.25) is 5.91 Å². The van der Waals surface area contributed by atoms with E-state index in [2.05, 4.69) is 58.4 Å². The summed E-state index contributed by atoms with van der Waals surface area (Å²) in [7, 11) is 4.76. The minimum atomic E-state index is 0.272. The van der Waals surface area contributed by atoms with Gasteiger partial charge in [0.05, 0.1) is 0 Å². The lowest BCUT2D eigenvalue weighted by Crippen LogP contribution is -2.43. The van der Waals surface area contributed by atoms with Gasteiger partial charge in [0.1, 0.15) is 0 Å². The van der Waals surface area contributed by atoms with Crippen molar-refractivity contribution in [1.29, 1.82) is 0 Å². The second-order valence-corrected chi connectivity index (χ2v) is 6.91. The topological polar surface area (TPSA) is 23.6 Å². The first-order valence-corrected chi connectivity index (χ1v) is 9.13. The number of likely N-dealkylation sites (N-methyl/N-ethyl adjacent to an activating group) is 1. The maximum atomic E-state index is 11.7. The third kappa shape index (κ3) is 5.07. The molecule has 0 spiro atoms. The van der Waals surface area contributed by atoms with E-state index in [4.69, 9.17) is 0 Å². The number of hydrogen-bond acceptors (Lipinski definition) is 2. The van der Waals surface area contributed by atoms with Crippen molar-refractivity contribution in [3.63, 3.8) is 0 Å². The lowest BCUT2D eigenvalue weighted by molar-refractivity contribution is -0.129. The first-order valence-electron chi connectivity index (χ1n) is 8.32. The fourth-order valence-corrected chi connectivity index (χ4v) is 3.45. The molecule has 0 aliphatic carbocycles. The summed E-state index contributed by atoms with van der Waals surface area (Å²) in [6, 6.07) is 11.3. The molecule has 0 saturated carbocycles. The fraction of sp³-hybridized carbons (Fsp3) is 0.611. The summed E-state index contributed by atoms with van der Waals surface area (Å²) in [6.45, 7) is 5.30. The molecular formula is C18H29N2OP. The Kier molecular flexibility index (Phi) is 6.85. The zero-order valence-corrected chi connectivity index (χ0v) is 15.0. The van der Waals surface area contributed by atoms with E-state index < -0.39 is 0 Å². The van der Waals surface area contributed by atoms with Gasteiger partial charge in [-0.05, 0) is 44.7 Å². The zero-order chi connectivity index (χ0) is 15.9. The van der Waals surface area contributed by atoms with E-state index >= 15 is 0 Å². The van der Waals surface area contributed by atoms with Gasteiger partial charge >= 0.3 is 0 Å². The smallest absolute Gasteiger partial charge is 0.226 e. The predicted octanol–water partition coefficient (Wildman–Crippen LogP) is 2.66. The van der Waals surface area contributed by atoms with Gasteiger partial charge in [0.25, 0.3) is 0 Å². The zero-order valence-electron chi connectivity index (χ0n) is 13.9. The Balaban J connectivity index is 1.75. The lowest BCUT2D eigenvalue weighted by atomic mass is 9.95. The molecule has 1 aliphatic heterocycles. The maximum absolute atomic E-state index is 11.7. The van der Waals surface area contributed by atoms with Crippen LogP contribution in [0.4, 0.5) is 0 Å². The molecule has 0 bridgehead atoms. The molecule has 4 heteroatoms. The molecule has 1 heterocycles. The van der Waals surface area contributed by atoms with Gasteiger partial charge < -0.3 is 9.80 Å². The Morgan fingerprint density at radius 2 is 1.95 bits per heavy atom. The molecule has 1 fully saturated rings. The summed E-state index contributed by atoms with van der Waals surface area (Å²) in [4.78, 5) is 16.2. The van der Waals surface area contributed by atoms with Crippen molar-refractivity contribution in [1.82, 2.24) is 9.80 Å². The van der Waals surface area contributed by atoms with E-state index in [0.717, 1.165) is 44.8 Å². The standard InChI is InChI=1S/C18H29N2OP/c1-15(12-16-6-4-3-5-7-16)19(2)13-17-8-10-20(11-9-17)18(21)14-22/h3-7,15,17H,8-14,22H2,1-2H3. The number of carbonyl (C=O) groups is 1.